The van der Waals surface area contributed by atoms with Crippen molar-refractivity contribution in [1.82, 2.24) is 15.0 Å². The van der Waals surface area contributed by atoms with Gasteiger partial charge in [0.05, 0.1) is 10.9 Å². The third kappa shape index (κ3) is 5.02. The fourth-order valence-corrected chi connectivity index (χ4v) is 3.14. The second kappa shape index (κ2) is 7.54. The van der Waals surface area contributed by atoms with E-state index in [-0.39, 0.29) is 4.90 Å². The van der Waals surface area contributed by atoms with Crippen LogP contribution in [0.15, 0.2) is 53.7 Å². The molecule has 0 aliphatic rings. The Bertz CT molecular complexity index is 764. The predicted octanol–water partition coefficient (Wildman–Crippen LogP) is 1.72. The standard InChI is InChI=1S/C15H16ClN3O3S/c1-11(15(20)18-10-12-6-8-17-9-7-12)19-23(21,22)14-4-2-13(16)3-5-14/h2-9,11,19H,10H2,1H3,(H,18,20)/t11-/m0/s1. The molecule has 1 atom stereocenters. The van der Waals surface area contributed by atoms with E-state index >= 15 is 0 Å². The van der Waals surface area contributed by atoms with Gasteiger partial charge < -0.3 is 5.32 Å². The molecule has 0 spiro atoms. The van der Waals surface area contributed by atoms with Crippen LogP contribution in [0.2, 0.25) is 5.02 Å². The van der Waals surface area contributed by atoms with Crippen LogP contribution >= 0.6 is 11.6 Å². The number of aromatic nitrogens is 1. The summed E-state index contributed by atoms with van der Waals surface area (Å²) in [6, 6.07) is 8.34. The Morgan fingerprint density at radius 2 is 1.78 bits per heavy atom. The van der Waals surface area contributed by atoms with Gasteiger partial charge in [-0.05, 0) is 48.9 Å². The molecule has 2 N–H and O–H groups in total. The van der Waals surface area contributed by atoms with E-state index in [2.05, 4.69) is 15.0 Å². The van der Waals surface area contributed by atoms with Crippen molar-refractivity contribution in [3.63, 3.8) is 0 Å². The zero-order chi connectivity index (χ0) is 16.9. The Morgan fingerprint density at radius 3 is 2.39 bits per heavy atom. The van der Waals surface area contributed by atoms with E-state index < -0.39 is 22.0 Å². The van der Waals surface area contributed by atoms with Crippen molar-refractivity contribution in [3.05, 3.63) is 59.4 Å². The van der Waals surface area contributed by atoms with Gasteiger partial charge in [0, 0.05) is 24.0 Å². The van der Waals surface area contributed by atoms with E-state index in [0.717, 1.165) is 5.56 Å². The monoisotopic (exact) mass is 353 g/mol. The minimum absolute atomic E-state index is 0.0516. The SMILES string of the molecule is C[C@H](NS(=O)(=O)c1ccc(Cl)cc1)C(=O)NCc1ccncc1. The predicted molar refractivity (Wildman–Crippen MR) is 87.3 cm³/mol. The molecule has 0 aliphatic carbocycles. The third-order valence-electron chi connectivity index (χ3n) is 3.07. The second-order valence-electron chi connectivity index (χ2n) is 4.87. The van der Waals surface area contributed by atoms with Crippen LogP contribution in [0.1, 0.15) is 12.5 Å². The molecule has 0 saturated carbocycles. The number of hydrogen-bond acceptors (Lipinski definition) is 4. The Morgan fingerprint density at radius 1 is 1.17 bits per heavy atom. The van der Waals surface area contributed by atoms with Crippen LogP contribution in [-0.2, 0) is 21.4 Å². The zero-order valence-corrected chi connectivity index (χ0v) is 13.9. The third-order valence-corrected chi connectivity index (χ3v) is 4.87. The molecule has 0 bridgehead atoms. The minimum Gasteiger partial charge on any atom is -0.351 e. The van der Waals surface area contributed by atoms with Gasteiger partial charge in [0.25, 0.3) is 0 Å². The van der Waals surface area contributed by atoms with Crippen molar-refractivity contribution in [2.24, 2.45) is 0 Å². The van der Waals surface area contributed by atoms with E-state index in [1.54, 1.807) is 24.5 Å². The van der Waals surface area contributed by atoms with Crippen molar-refractivity contribution in [2.45, 2.75) is 24.4 Å². The van der Waals surface area contributed by atoms with Crippen LogP contribution in [0.3, 0.4) is 0 Å². The lowest BCUT2D eigenvalue weighted by atomic mass is 10.2. The normalized spacial score (nSPS) is 12.6. The van der Waals surface area contributed by atoms with Crippen molar-refractivity contribution < 1.29 is 13.2 Å². The summed E-state index contributed by atoms with van der Waals surface area (Å²) in [5, 5.41) is 3.10. The lowest BCUT2D eigenvalue weighted by molar-refractivity contribution is -0.122. The number of carbonyl (C=O) groups is 1. The molecule has 122 valence electrons. The summed E-state index contributed by atoms with van der Waals surface area (Å²) in [7, 11) is -3.78. The number of amides is 1. The summed E-state index contributed by atoms with van der Waals surface area (Å²) in [5.74, 6) is -0.417. The number of sulfonamides is 1. The van der Waals surface area contributed by atoms with Gasteiger partial charge in [0.2, 0.25) is 15.9 Å². The molecule has 2 rings (SSSR count). The highest BCUT2D eigenvalue weighted by atomic mass is 35.5. The molecule has 0 saturated heterocycles. The molecule has 6 nitrogen and oxygen atoms in total. The number of carbonyl (C=O) groups excluding carboxylic acids is 1. The second-order valence-corrected chi connectivity index (χ2v) is 7.02. The summed E-state index contributed by atoms with van der Waals surface area (Å²) in [5.41, 5.74) is 0.876. The van der Waals surface area contributed by atoms with Gasteiger partial charge in [-0.15, -0.1) is 0 Å². The Hall–Kier alpha value is -1.96. The number of hydrogen-bond donors (Lipinski definition) is 2. The quantitative estimate of drug-likeness (QED) is 0.827. The molecule has 0 unspecified atom stereocenters. The molecule has 0 radical (unpaired) electrons. The number of pyridine rings is 1. The number of halogens is 1. The lowest BCUT2D eigenvalue weighted by Gasteiger charge is -2.14. The fourth-order valence-electron chi connectivity index (χ4n) is 1.81. The highest BCUT2D eigenvalue weighted by molar-refractivity contribution is 7.89. The Balaban J connectivity index is 1.96. The average Bonchev–Trinajstić information content (AvgIpc) is 2.53. The molecule has 23 heavy (non-hydrogen) atoms. The van der Waals surface area contributed by atoms with Gasteiger partial charge in [0.15, 0.2) is 0 Å². The molecule has 0 fully saturated rings. The van der Waals surface area contributed by atoms with Crippen molar-refractivity contribution in [2.75, 3.05) is 0 Å². The fraction of sp³-hybridized carbons (Fsp3) is 0.200. The van der Waals surface area contributed by atoms with E-state index in [1.165, 1.54) is 31.2 Å². The molecule has 1 aromatic heterocycles. The highest BCUT2D eigenvalue weighted by Gasteiger charge is 2.21. The molecule has 1 heterocycles. The van der Waals surface area contributed by atoms with Crippen LogP contribution in [0.25, 0.3) is 0 Å². The van der Waals surface area contributed by atoms with Crippen LogP contribution in [0.4, 0.5) is 0 Å². The Labute approximate surface area is 139 Å². The summed E-state index contributed by atoms with van der Waals surface area (Å²) in [6.45, 7) is 1.78. The zero-order valence-electron chi connectivity index (χ0n) is 12.4. The van der Waals surface area contributed by atoms with Gasteiger partial charge in [-0.25, -0.2) is 8.42 Å². The Kier molecular flexibility index (Phi) is 5.70. The molecular formula is C15H16ClN3O3S. The maximum absolute atomic E-state index is 12.2. The maximum Gasteiger partial charge on any atom is 0.241 e. The molecule has 8 heteroatoms. The smallest absolute Gasteiger partial charge is 0.241 e. The lowest BCUT2D eigenvalue weighted by Crippen LogP contribution is -2.44. The first kappa shape index (κ1) is 17.4. The summed E-state index contributed by atoms with van der Waals surface area (Å²) in [4.78, 5) is 15.9. The summed E-state index contributed by atoms with van der Waals surface area (Å²) < 4.78 is 26.7. The van der Waals surface area contributed by atoms with Gasteiger partial charge in [-0.3, -0.25) is 9.78 Å². The van der Waals surface area contributed by atoms with Gasteiger partial charge in [-0.2, -0.15) is 4.72 Å². The summed E-state index contributed by atoms with van der Waals surface area (Å²) >= 11 is 5.73. The van der Waals surface area contributed by atoms with Crippen molar-refractivity contribution in [1.29, 1.82) is 0 Å². The molecule has 0 aliphatic heterocycles. The number of nitrogens with zero attached hydrogens (tertiary/aromatic N) is 1. The van der Waals surface area contributed by atoms with Crippen LogP contribution < -0.4 is 10.0 Å². The first-order chi connectivity index (χ1) is 10.9. The first-order valence-electron chi connectivity index (χ1n) is 6.83. The molecular weight excluding hydrogens is 338 g/mol. The number of benzene rings is 1. The summed E-state index contributed by atoms with van der Waals surface area (Å²) in [6.07, 6.45) is 3.24. The van der Waals surface area contributed by atoms with Crippen LogP contribution in [0, 0.1) is 0 Å². The number of rotatable bonds is 6. The van der Waals surface area contributed by atoms with Crippen molar-refractivity contribution >= 4 is 27.5 Å². The molecule has 1 amide bonds. The first-order valence-corrected chi connectivity index (χ1v) is 8.69. The highest BCUT2D eigenvalue weighted by Crippen LogP contribution is 2.14. The van der Waals surface area contributed by atoms with E-state index in [0.29, 0.717) is 11.6 Å². The molecule has 2 aromatic rings. The van der Waals surface area contributed by atoms with Crippen LogP contribution in [0.5, 0.6) is 0 Å². The van der Waals surface area contributed by atoms with Gasteiger partial charge in [0.1, 0.15) is 0 Å². The van der Waals surface area contributed by atoms with Crippen molar-refractivity contribution in [3.8, 4) is 0 Å². The number of nitrogens with one attached hydrogen (secondary N) is 2. The van der Waals surface area contributed by atoms with E-state index in [4.69, 9.17) is 11.6 Å². The topological polar surface area (TPSA) is 88.2 Å². The minimum atomic E-state index is -3.78. The average molecular weight is 354 g/mol. The molecule has 1 aromatic carbocycles. The van der Waals surface area contributed by atoms with Crippen LogP contribution in [-0.4, -0.2) is 25.4 Å². The largest absolute Gasteiger partial charge is 0.351 e. The van der Waals surface area contributed by atoms with E-state index in [1.807, 2.05) is 0 Å². The maximum atomic E-state index is 12.2. The van der Waals surface area contributed by atoms with Gasteiger partial charge in [-0.1, -0.05) is 11.6 Å². The van der Waals surface area contributed by atoms with Gasteiger partial charge >= 0.3 is 0 Å². The van der Waals surface area contributed by atoms with E-state index in [9.17, 15) is 13.2 Å².